The van der Waals surface area contributed by atoms with Crippen LogP contribution in [0.4, 0.5) is 5.69 Å². The number of aryl methyl sites for hydroxylation is 3. The molecule has 4 rings (SSSR count). The van der Waals surface area contributed by atoms with E-state index in [4.69, 9.17) is 0 Å². The second-order valence-electron chi connectivity index (χ2n) is 6.47. The monoisotopic (exact) mass is 390 g/mol. The van der Waals surface area contributed by atoms with E-state index in [1.165, 1.54) is 11.3 Å². The van der Waals surface area contributed by atoms with Gasteiger partial charge in [-0.25, -0.2) is 9.97 Å². The van der Waals surface area contributed by atoms with E-state index in [2.05, 4.69) is 15.3 Å². The number of carbonyl (C=O) groups is 1. The maximum atomic E-state index is 12.9. The number of rotatable bonds is 3. The Morgan fingerprint density at radius 2 is 1.71 bits per heavy atom. The topological polar surface area (TPSA) is 76.9 Å². The van der Waals surface area contributed by atoms with Crippen molar-refractivity contribution in [3.63, 3.8) is 0 Å². The summed E-state index contributed by atoms with van der Waals surface area (Å²) in [5, 5.41) is 4.31. The molecule has 0 aliphatic carbocycles. The van der Waals surface area contributed by atoms with Gasteiger partial charge in [-0.3, -0.25) is 14.2 Å². The Morgan fingerprint density at radius 3 is 2.39 bits per heavy atom. The number of nitrogens with zero attached hydrogens (tertiary/aromatic N) is 3. The number of hydrogen-bond donors (Lipinski definition) is 1. The average Bonchev–Trinajstić information content (AvgIpc) is 3.01. The Labute approximate surface area is 165 Å². The number of hydrogen-bond acceptors (Lipinski definition) is 5. The molecule has 7 heteroatoms. The van der Waals surface area contributed by atoms with Gasteiger partial charge in [0.2, 0.25) is 0 Å². The summed E-state index contributed by atoms with van der Waals surface area (Å²) in [7, 11) is 0. The van der Waals surface area contributed by atoms with Crippen LogP contribution in [-0.4, -0.2) is 20.4 Å². The number of nitrogens with one attached hydrogen (secondary N) is 1. The second-order valence-corrected chi connectivity index (χ2v) is 7.67. The zero-order chi connectivity index (χ0) is 19.8. The molecule has 2 aromatic heterocycles. The second kappa shape index (κ2) is 7.01. The normalized spacial score (nSPS) is 11.0. The Kier molecular flexibility index (Phi) is 4.52. The highest BCUT2D eigenvalue weighted by atomic mass is 32.1. The van der Waals surface area contributed by atoms with E-state index in [0.29, 0.717) is 33.0 Å². The van der Waals surface area contributed by atoms with Crippen LogP contribution in [0.3, 0.4) is 0 Å². The predicted octanol–water partition coefficient (Wildman–Crippen LogP) is 4.02. The molecule has 140 valence electrons. The van der Waals surface area contributed by atoms with Gasteiger partial charge in [-0.2, -0.15) is 0 Å². The summed E-state index contributed by atoms with van der Waals surface area (Å²) in [4.78, 5) is 34.7. The Hall–Kier alpha value is -3.32. The highest BCUT2D eigenvalue weighted by Crippen LogP contribution is 2.20. The molecular weight excluding hydrogens is 372 g/mol. The molecule has 0 spiro atoms. The first-order valence-electron chi connectivity index (χ1n) is 8.78. The molecule has 0 atom stereocenters. The molecule has 0 aliphatic heterocycles. The van der Waals surface area contributed by atoms with E-state index < -0.39 is 0 Å². The average molecular weight is 390 g/mol. The molecule has 0 radical (unpaired) electrons. The third-order valence-corrected chi connectivity index (χ3v) is 5.51. The number of fused-ring (bicyclic) bond motifs is 1. The maximum absolute atomic E-state index is 12.9. The van der Waals surface area contributed by atoms with Crippen molar-refractivity contribution in [1.82, 2.24) is 14.5 Å². The minimum atomic E-state index is -0.184. The van der Waals surface area contributed by atoms with Gasteiger partial charge >= 0.3 is 0 Å². The quantitative estimate of drug-likeness (QED) is 0.573. The third kappa shape index (κ3) is 3.20. The van der Waals surface area contributed by atoms with Crippen molar-refractivity contribution in [2.75, 3.05) is 5.32 Å². The molecule has 28 heavy (non-hydrogen) atoms. The van der Waals surface area contributed by atoms with Crippen LogP contribution in [0.5, 0.6) is 0 Å². The summed E-state index contributed by atoms with van der Waals surface area (Å²) in [6.45, 7) is 5.50. The Balaban J connectivity index is 1.65. The SMILES string of the molecule is Cc1nc(C)c(C(=O)Nc2ccc(-n3c(C)nc4ccccc4c3=O)cc2)s1. The summed E-state index contributed by atoms with van der Waals surface area (Å²) < 4.78 is 1.57. The lowest BCUT2D eigenvalue weighted by Crippen LogP contribution is -2.22. The molecule has 0 fully saturated rings. The van der Waals surface area contributed by atoms with E-state index in [1.807, 2.05) is 32.0 Å². The van der Waals surface area contributed by atoms with Gasteiger partial charge in [0.25, 0.3) is 11.5 Å². The van der Waals surface area contributed by atoms with Crippen LogP contribution in [0.2, 0.25) is 0 Å². The number of aromatic nitrogens is 3. The molecule has 0 saturated carbocycles. The van der Waals surface area contributed by atoms with Gasteiger partial charge in [-0.15, -0.1) is 11.3 Å². The summed E-state index contributed by atoms with van der Waals surface area (Å²) in [6.07, 6.45) is 0. The van der Waals surface area contributed by atoms with Crippen LogP contribution >= 0.6 is 11.3 Å². The van der Waals surface area contributed by atoms with Crippen LogP contribution in [0.1, 0.15) is 26.2 Å². The van der Waals surface area contributed by atoms with Gasteiger partial charge in [-0.05, 0) is 57.2 Å². The van der Waals surface area contributed by atoms with Gasteiger partial charge in [0.05, 0.1) is 27.3 Å². The molecule has 0 aliphatic rings. The highest BCUT2D eigenvalue weighted by molar-refractivity contribution is 7.13. The van der Waals surface area contributed by atoms with Crippen LogP contribution in [0, 0.1) is 20.8 Å². The van der Waals surface area contributed by atoms with E-state index in [1.54, 1.807) is 41.8 Å². The molecule has 2 aromatic carbocycles. The maximum Gasteiger partial charge on any atom is 0.267 e. The van der Waals surface area contributed by atoms with Crippen molar-refractivity contribution in [2.45, 2.75) is 20.8 Å². The molecule has 0 bridgehead atoms. The van der Waals surface area contributed by atoms with Crippen molar-refractivity contribution < 1.29 is 4.79 Å². The molecule has 6 nitrogen and oxygen atoms in total. The fourth-order valence-electron chi connectivity index (χ4n) is 3.17. The first-order valence-corrected chi connectivity index (χ1v) is 9.60. The number of thiazole rings is 1. The molecule has 1 N–H and O–H groups in total. The lowest BCUT2D eigenvalue weighted by Gasteiger charge is -2.12. The van der Waals surface area contributed by atoms with Crippen molar-refractivity contribution >= 4 is 33.8 Å². The smallest absolute Gasteiger partial charge is 0.267 e. The predicted molar refractivity (Wildman–Crippen MR) is 112 cm³/mol. The minimum Gasteiger partial charge on any atom is -0.321 e. The number of para-hydroxylation sites is 1. The van der Waals surface area contributed by atoms with Crippen LogP contribution in [0.15, 0.2) is 53.3 Å². The van der Waals surface area contributed by atoms with E-state index in [9.17, 15) is 9.59 Å². The standard InChI is InChI=1S/C21H18N4O2S/c1-12-19(28-14(3)22-12)20(26)24-15-8-10-16(11-9-15)25-13(2)23-18-7-5-4-6-17(18)21(25)27/h4-11H,1-3H3,(H,24,26). The summed E-state index contributed by atoms with van der Waals surface area (Å²) >= 11 is 1.37. The van der Waals surface area contributed by atoms with Gasteiger partial charge < -0.3 is 5.32 Å². The number of benzene rings is 2. The number of anilines is 1. The van der Waals surface area contributed by atoms with Crippen LogP contribution in [-0.2, 0) is 0 Å². The van der Waals surface area contributed by atoms with Crippen molar-refractivity contribution in [3.05, 3.63) is 80.3 Å². The van der Waals surface area contributed by atoms with Crippen LogP contribution in [0.25, 0.3) is 16.6 Å². The number of amides is 1. The van der Waals surface area contributed by atoms with Crippen molar-refractivity contribution in [3.8, 4) is 5.69 Å². The van der Waals surface area contributed by atoms with Crippen LogP contribution < -0.4 is 10.9 Å². The lowest BCUT2D eigenvalue weighted by atomic mass is 10.2. The molecular formula is C21H18N4O2S. The molecule has 4 aromatic rings. The highest BCUT2D eigenvalue weighted by Gasteiger charge is 2.14. The largest absolute Gasteiger partial charge is 0.321 e. The fourth-order valence-corrected chi connectivity index (χ4v) is 3.99. The Morgan fingerprint density at radius 1 is 1.00 bits per heavy atom. The summed E-state index contributed by atoms with van der Waals surface area (Å²) in [5.41, 5.74) is 2.64. The molecule has 2 heterocycles. The molecule has 0 saturated heterocycles. The third-order valence-electron chi connectivity index (χ3n) is 4.44. The summed E-state index contributed by atoms with van der Waals surface area (Å²) in [5.74, 6) is 0.424. The molecule has 0 unspecified atom stereocenters. The summed E-state index contributed by atoms with van der Waals surface area (Å²) in [6, 6.07) is 14.4. The van der Waals surface area contributed by atoms with Gasteiger partial charge in [-0.1, -0.05) is 12.1 Å². The zero-order valence-corrected chi connectivity index (χ0v) is 16.5. The zero-order valence-electron chi connectivity index (χ0n) is 15.7. The van der Waals surface area contributed by atoms with E-state index in [-0.39, 0.29) is 11.5 Å². The molecule has 1 amide bonds. The minimum absolute atomic E-state index is 0.115. The number of carbonyl (C=O) groups excluding carboxylic acids is 1. The first-order chi connectivity index (χ1) is 13.4. The lowest BCUT2D eigenvalue weighted by molar-refractivity contribution is 0.103. The van der Waals surface area contributed by atoms with Crippen molar-refractivity contribution in [2.24, 2.45) is 0 Å². The van der Waals surface area contributed by atoms with Gasteiger partial charge in [0, 0.05) is 5.69 Å². The first kappa shape index (κ1) is 18.1. The van der Waals surface area contributed by atoms with Gasteiger partial charge in [0.15, 0.2) is 0 Å². The Bertz CT molecular complexity index is 1260. The van der Waals surface area contributed by atoms with E-state index >= 15 is 0 Å². The fraction of sp³-hybridized carbons (Fsp3) is 0.143. The van der Waals surface area contributed by atoms with Gasteiger partial charge in [0.1, 0.15) is 10.7 Å². The van der Waals surface area contributed by atoms with E-state index in [0.717, 1.165) is 10.7 Å². The van der Waals surface area contributed by atoms with Crippen molar-refractivity contribution in [1.29, 1.82) is 0 Å².